The van der Waals surface area contributed by atoms with Crippen molar-refractivity contribution in [2.24, 2.45) is 0 Å². The first-order chi connectivity index (χ1) is 17.0. The van der Waals surface area contributed by atoms with Gasteiger partial charge in [-0.05, 0) is 48.1 Å². The second kappa shape index (κ2) is 11.7. The molecule has 4 rings (SSSR count). The van der Waals surface area contributed by atoms with Crippen molar-refractivity contribution in [1.82, 2.24) is 10.6 Å². The second-order valence-electron chi connectivity index (χ2n) is 8.10. The molecule has 0 saturated carbocycles. The molecule has 0 radical (unpaired) electrons. The molecule has 9 heteroatoms. The van der Waals surface area contributed by atoms with Gasteiger partial charge >= 0.3 is 0 Å². The number of benzene rings is 2. The summed E-state index contributed by atoms with van der Waals surface area (Å²) in [5.41, 5.74) is 0.765. The summed E-state index contributed by atoms with van der Waals surface area (Å²) >= 11 is 1.25. The number of amides is 3. The smallest absolute Gasteiger partial charge is 0.261 e. The summed E-state index contributed by atoms with van der Waals surface area (Å²) in [7, 11) is 0. The van der Waals surface area contributed by atoms with Gasteiger partial charge in [0.15, 0.2) is 0 Å². The van der Waals surface area contributed by atoms with Crippen LogP contribution in [0.15, 0.2) is 72.1 Å². The molecule has 0 spiro atoms. The van der Waals surface area contributed by atoms with E-state index in [0.717, 1.165) is 12.8 Å². The van der Waals surface area contributed by atoms with Crippen LogP contribution in [-0.4, -0.2) is 43.5 Å². The van der Waals surface area contributed by atoms with Crippen molar-refractivity contribution in [3.05, 3.63) is 88.4 Å². The Morgan fingerprint density at radius 2 is 1.89 bits per heavy atom. The molecule has 2 atom stereocenters. The maximum absolute atomic E-state index is 14.2. The topological polar surface area (TPSA) is 87.7 Å². The van der Waals surface area contributed by atoms with Gasteiger partial charge in [0.1, 0.15) is 11.9 Å². The Hall–Kier alpha value is -3.56. The molecule has 3 amide bonds. The number of carbonyl (C=O) groups excluding carboxylic acids is 3. The van der Waals surface area contributed by atoms with Gasteiger partial charge in [-0.1, -0.05) is 42.5 Å². The Balaban J connectivity index is 1.63. The Kier molecular flexibility index (Phi) is 8.23. The molecular formula is C26H26FN3O4S. The molecule has 3 aromatic rings. The average Bonchev–Trinajstić information content (AvgIpc) is 3.59. The van der Waals surface area contributed by atoms with Gasteiger partial charge in [0.2, 0.25) is 11.8 Å². The van der Waals surface area contributed by atoms with E-state index >= 15 is 0 Å². The fourth-order valence-electron chi connectivity index (χ4n) is 3.97. The van der Waals surface area contributed by atoms with Crippen LogP contribution in [0.5, 0.6) is 0 Å². The molecule has 1 aliphatic heterocycles. The van der Waals surface area contributed by atoms with E-state index in [0.29, 0.717) is 23.6 Å². The van der Waals surface area contributed by atoms with Crippen LogP contribution in [0.2, 0.25) is 0 Å². The van der Waals surface area contributed by atoms with Crippen molar-refractivity contribution in [3.8, 4) is 0 Å². The van der Waals surface area contributed by atoms with Crippen molar-refractivity contribution in [2.45, 2.75) is 25.0 Å². The van der Waals surface area contributed by atoms with Gasteiger partial charge in [0.05, 0.1) is 17.5 Å². The van der Waals surface area contributed by atoms with Gasteiger partial charge in [0, 0.05) is 18.8 Å². The summed E-state index contributed by atoms with van der Waals surface area (Å²) in [4.78, 5) is 41.1. The lowest BCUT2D eigenvalue weighted by molar-refractivity contribution is -0.126. The summed E-state index contributed by atoms with van der Waals surface area (Å²) < 4.78 is 19.8. The van der Waals surface area contributed by atoms with E-state index in [2.05, 4.69) is 10.6 Å². The van der Waals surface area contributed by atoms with E-state index < -0.39 is 29.6 Å². The van der Waals surface area contributed by atoms with Gasteiger partial charge in [-0.25, -0.2) is 4.39 Å². The monoisotopic (exact) mass is 495 g/mol. The molecule has 1 fully saturated rings. The minimum Gasteiger partial charge on any atom is -0.376 e. The summed E-state index contributed by atoms with van der Waals surface area (Å²) in [6, 6.07) is 16.6. The number of thiophene rings is 1. The molecule has 1 aromatic heterocycles. The van der Waals surface area contributed by atoms with Crippen LogP contribution < -0.4 is 15.5 Å². The Morgan fingerprint density at radius 1 is 1.06 bits per heavy atom. The van der Waals surface area contributed by atoms with E-state index in [9.17, 15) is 18.8 Å². The molecular weight excluding hydrogens is 469 g/mol. The van der Waals surface area contributed by atoms with Crippen LogP contribution in [0.4, 0.5) is 10.1 Å². The van der Waals surface area contributed by atoms with Crippen LogP contribution >= 0.6 is 11.3 Å². The van der Waals surface area contributed by atoms with E-state index in [-0.39, 0.29) is 18.3 Å². The number of rotatable bonds is 9. The summed E-state index contributed by atoms with van der Waals surface area (Å²) in [6.45, 7) is 0.596. The Morgan fingerprint density at radius 3 is 2.57 bits per heavy atom. The van der Waals surface area contributed by atoms with Crippen LogP contribution in [0.25, 0.3) is 0 Å². The molecule has 2 heterocycles. The number of nitrogens with one attached hydrogen (secondary N) is 2. The van der Waals surface area contributed by atoms with Gasteiger partial charge in [-0.2, -0.15) is 0 Å². The van der Waals surface area contributed by atoms with Crippen LogP contribution in [0, 0.1) is 5.82 Å². The molecule has 182 valence electrons. The van der Waals surface area contributed by atoms with Crippen LogP contribution in [0.1, 0.15) is 34.1 Å². The lowest BCUT2D eigenvalue weighted by Crippen LogP contribution is -2.48. The number of hydrogen-bond acceptors (Lipinski definition) is 5. The third-order valence-corrected chi connectivity index (χ3v) is 6.52. The fraction of sp³-hybridized carbons (Fsp3) is 0.269. The van der Waals surface area contributed by atoms with Gasteiger partial charge in [0.25, 0.3) is 5.91 Å². The highest BCUT2D eigenvalue weighted by molar-refractivity contribution is 7.12. The first-order valence-corrected chi connectivity index (χ1v) is 12.2. The predicted octanol–water partition coefficient (Wildman–Crippen LogP) is 3.69. The van der Waals surface area contributed by atoms with Crippen LogP contribution in [-0.2, 0) is 14.3 Å². The SMILES string of the molecule is O=C(NCC(=O)N(c1cccc(F)c1)[C@@H](C(=O)NC[C@@H]1CCCO1)c1ccccc1)c1cccs1. The first kappa shape index (κ1) is 24.6. The summed E-state index contributed by atoms with van der Waals surface area (Å²) in [5.74, 6) is -1.92. The maximum atomic E-state index is 14.2. The molecule has 0 aliphatic carbocycles. The number of anilines is 1. The molecule has 2 aromatic carbocycles. The number of halogens is 1. The van der Waals surface area contributed by atoms with Crippen molar-refractivity contribution in [3.63, 3.8) is 0 Å². The quantitative estimate of drug-likeness (QED) is 0.474. The molecule has 0 bridgehead atoms. The van der Waals surface area contributed by atoms with Gasteiger partial charge < -0.3 is 15.4 Å². The zero-order chi connectivity index (χ0) is 24.6. The number of hydrogen-bond donors (Lipinski definition) is 2. The second-order valence-corrected chi connectivity index (χ2v) is 9.04. The molecule has 1 saturated heterocycles. The summed E-state index contributed by atoms with van der Waals surface area (Å²) in [6.07, 6.45) is 1.69. The van der Waals surface area contributed by atoms with Crippen molar-refractivity contribution >= 4 is 34.7 Å². The maximum Gasteiger partial charge on any atom is 0.261 e. The molecule has 2 N–H and O–H groups in total. The lowest BCUT2D eigenvalue weighted by Gasteiger charge is -2.32. The van der Waals surface area contributed by atoms with E-state index in [4.69, 9.17) is 4.74 Å². The summed E-state index contributed by atoms with van der Waals surface area (Å²) in [5, 5.41) is 7.26. The third kappa shape index (κ3) is 6.32. The standard InChI is InChI=1S/C26H26FN3O4S/c27-19-9-4-10-20(15-19)30(23(31)17-29-25(32)22-12-6-14-35-22)24(18-7-2-1-3-8-18)26(33)28-16-21-11-5-13-34-21/h1-4,6-10,12,14-15,21,24H,5,11,13,16-17H2,(H,28,33)(H,29,32)/t21-,24+/m0/s1. The first-order valence-electron chi connectivity index (χ1n) is 11.4. The number of nitrogens with zero attached hydrogens (tertiary/aromatic N) is 1. The van der Waals surface area contributed by atoms with Gasteiger partial charge in [-0.3, -0.25) is 19.3 Å². The number of carbonyl (C=O) groups is 3. The minimum absolute atomic E-state index is 0.0845. The van der Waals surface area contributed by atoms with E-state index in [1.807, 2.05) is 0 Å². The Bertz CT molecular complexity index is 1150. The van der Waals surface area contributed by atoms with Gasteiger partial charge in [-0.15, -0.1) is 11.3 Å². The normalized spacial score (nSPS) is 15.9. The highest BCUT2D eigenvalue weighted by Crippen LogP contribution is 2.29. The Labute approximate surface area is 206 Å². The lowest BCUT2D eigenvalue weighted by atomic mass is 10.0. The zero-order valence-corrected chi connectivity index (χ0v) is 19.8. The van der Waals surface area contributed by atoms with E-state index in [1.54, 1.807) is 53.9 Å². The average molecular weight is 496 g/mol. The zero-order valence-electron chi connectivity index (χ0n) is 19.0. The van der Waals surface area contributed by atoms with Crippen molar-refractivity contribution < 1.29 is 23.5 Å². The predicted molar refractivity (Wildman–Crippen MR) is 132 cm³/mol. The highest BCUT2D eigenvalue weighted by Gasteiger charge is 2.33. The largest absolute Gasteiger partial charge is 0.376 e. The van der Waals surface area contributed by atoms with Crippen molar-refractivity contribution in [2.75, 3.05) is 24.6 Å². The fourth-order valence-corrected chi connectivity index (χ4v) is 4.61. The third-order valence-electron chi connectivity index (χ3n) is 5.65. The van der Waals surface area contributed by atoms with Crippen LogP contribution in [0.3, 0.4) is 0 Å². The molecule has 1 aliphatic rings. The van der Waals surface area contributed by atoms with E-state index in [1.165, 1.54) is 34.4 Å². The minimum atomic E-state index is -1.08. The number of ether oxygens (including phenoxy) is 1. The van der Waals surface area contributed by atoms with Crippen molar-refractivity contribution in [1.29, 1.82) is 0 Å². The molecule has 0 unspecified atom stereocenters. The highest BCUT2D eigenvalue weighted by atomic mass is 32.1. The molecule has 7 nitrogen and oxygen atoms in total. The molecule has 35 heavy (non-hydrogen) atoms.